The van der Waals surface area contributed by atoms with Gasteiger partial charge in [-0.1, -0.05) is 60.7 Å². The minimum atomic E-state index is -1.43. The van der Waals surface area contributed by atoms with Crippen LogP contribution in [0.3, 0.4) is 0 Å². The van der Waals surface area contributed by atoms with Gasteiger partial charge in [-0.3, -0.25) is 14.4 Å². The molecule has 4 rings (SSSR count). The van der Waals surface area contributed by atoms with Gasteiger partial charge in [0.05, 0.1) is 32.8 Å². The van der Waals surface area contributed by atoms with Gasteiger partial charge in [0.2, 0.25) is 11.8 Å². The molecule has 13 heteroatoms. The predicted octanol–water partition coefficient (Wildman–Crippen LogP) is 3.27. The normalized spacial score (nSPS) is 14.9. The molecule has 2 atom stereocenters. The number of hydrogen-bond donors (Lipinski definition) is 3. The third-order valence-electron chi connectivity index (χ3n) is 7.22. The van der Waals surface area contributed by atoms with Crippen LogP contribution >= 0.6 is 0 Å². The molecule has 2 aromatic carbocycles. The second kappa shape index (κ2) is 15.7. The van der Waals surface area contributed by atoms with Crippen LogP contribution in [-0.2, 0) is 35.2 Å². The van der Waals surface area contributed by atoms with Crippen molar-refractivity contribution in [3.8, 4) is 0 Å². The highest BCUT2D eigenvalue weighted by Gasteiger charge is 2.35. The molecule has 3 aromatic rings. The highest BCUT2D eigenvalue weighted by atomic mass is 16.6. The third kappa shape index (κ3) is 10.4. The summed E-state index contributed by atoms with van der Waals surface area (Å²) >= 11 is 0. The Kier molecular flexibility index (Phi) is 11.7. The Morgan fingerprint density at radius 2 is 1.57 bits per heavy atom. The second-order valence-electron chi connectivity index (χ2n) is 12.7. The smallest absolute Gasteiger partial charge is 0.408 e. The maximum atomic E-state index is 13.7. The van der Waals surface area contributed by atoms with Crippen molar-refractivity contribution < 1.29 is 33.4 Å². The molecule has 0 radical (unpaired) electrons. The van der Waals surface area contributed by atoms with Gasteiger partial charge in [0, 0.05) is 19.3 Å². The highest BCUT2D eigenvalue weighted by molar-refractivity contribution is 5.98. The minimum absolute atomic E-state index is 0.117. The fraction of sp³-hybridized carbons (Fsp3) is 0.441. The lowest BCUT2D eigenvalue weighted by atomic mass is 10.0. The number of amides is 4. The lowest BCUT2D eigenvalue weighted by molar-refractivity contribution is -0.137. The van der Waals surface area contributed by atoms with E-state index >= 15 is 0 Å². The molecule has 13 nitrogen and oxygen atoms in total. The number of imidazole rings is 1. The van der Waals surface area contributed by atoms with Gasteiger partial charge in [0.25, 0.3) is 5.91 Å². The molecule has 0 saturated carbocycles. The van der Waals surface area contributed by atoms with Crippen molar-refractivity contribution in [1.29, 1.82) is 0 Å². The molecule has 2 unspecified atom stereocenters. The zero-order chi connectivity index (χ0) is 34.0. The highest BCUT2D eigenvalue weighted by Crippen LogP contribution is 2.23. The first-order valence-electron chi connectivity index (χ1n) is 15.5. The first kappa shape index (κ1) is 35.1. The van der Waals surface area contributed by atoms with E-state index in [2.05, 4.69) is 20.9 Å². The molecule has 0 bridgehead atoms. The Bertz CT molecular complexity index is 1500. The van der Waals surface area contributed by atoms with Crippen molar-refractivity contribution in [3.63, 3.8) is 0 Å². The summed E-state index contributed by atoms with van der Waals surface area (Å²) in [5, 5.41) is 7.99. The van der Waals surface area contributed by atoms with Gasteiger partial charge in [-0.25, -0.2) is 9.78 Å². The van der Waals surface area contributed by atoms with Gasteiger partial charge >= 0.3 is 6.09 Å². The Labute approximate surface area is 275 Å². The van der Waals surface area contributed by atoms with E-state index in [1.165, 1.54) is 20.2 Å². The standard InChI is InChI=1S/C34H44N6O7/c1-33(2,3)47-32(44)38-34(4,5)31(43)36-26(22-46-21-24-12-8-6-9-13-24)29(41)37-27-20-40(23-35-27)28(25-14-10-7-11-15-25)30(42)39-16-18-45-19-17-39/h6-15,20,23,26,28H,16-19,21-22H2,1-5H3,(H,36,43)(H,37,41)(H,38,44). The molecule has 4 amide bonds. The number of ether oxygens (including phenoxy) is 3. The number of carbonyl (C=O) groups excluding carboxylic acids is 4. The Morgan fingerprint density at radius 1 is 0.936 bits per heavy atom. The molecule has 0 spiro atoms. The molecule has 47 heavy (non-hydrogen) atoms. The number of rotatable bonds is 12. The fourth-order valence-corrected chi connectivity index (χ4v) is 4.80. The van der Waals surface area contributed by atoms with Crippen molar-refractivity contribution in [2.24, 2.45) is 0 Å². The van der Waals surface area contributed by atoms with E-state index in [1.54, 1.807) is 36.4 Å². The Morgan fingerprint density at radius 3 is 2.21 bits per heavy atom. The maximum absolute atomic E-state index is 13.7. The van der Waals surface area contributed by atoms with E-state index in [0.717, 1.165) is 11.1 Å². The summed E-state index contributed by atoms with van der Waals surface area (Å²) in [6.45, 7) is 10.1. The SMILES string of the molecule is CC(C)(C)OC(=O)NC(C)(C)C(=O)NC(COCc1ccccc1)C(=O)Nc1cn(C(C(=O)N2CCOCC2)c2ccccc2)cn1. The molecule has 1 aromatic heterocycles. The van der Waals surface area contributed by atoms with E-state index in [4.69, 9.17) is 14.2 Å². The summed E-state index contributed by atoms with van der Waals surface area (Å²) in [6, 6.07) is 16.9. The first-order valence-corrected chi connectivity index (χ1v) is 15.5. The summed E-state index contributed by atoms with van der Waals surface area (Å²) in [4.78, 5) is 59.1. The molecular formula is C34H44N6O7. The van der Waals surface area contributed by atoms with Gasteiger partial charge in [-0.2, -0.15) is 0 Å². The summed E-state index contributed by atoms with van der Waals surface area (Å²) in [5.41, 5.74) is -0.538. The fourth-order valence-electron chi connectivity index (χ4n) is 4.80. The van der Waals surface area contributed by atoms with E-state index in [1.807, 2.05) is 60.7 Å². The van der Waals surface area contributed by atoms with Gasteiger partial charge < -0.3 is 39.6 Å². The Balaban J connectivity index is 1.50. The van der Waals surface area contributed by atoms with E-state index in [-0.39, 0.29) is 24.9 Å². The van der Waals surface area contributed by atoms with Gasteiger partial charge in [-0.05, 0) is 45.7 Å². The summed E-state index contributed by atoms with van der Waals surface area (Å²) < 4.78 is 18.2. The van der Waals surface area contributed by atoms with Crippen molar-refractivity contribution in [1.82, 2.24) is 25.1 Å². The van der Waals surface area contributed by atoms with E-state index in [9.17, 15) is 19.2 Å². The summed E-state index contributed by atoms with van der Waals surface area (Å²) in [5.74, 6) is -1.16. The number of aromatic nitrogens is 2. The van der Waals surface area contributed by atoms with Crippen LogP contribution < -0.4 is 16.0 Å². The van der Waals surface area contributed by atoms with Gasteiger partial charge in [0.15, 0.2) is 5.82 Å². The summed E-state index contributed by atoms with van der Waals surface area (Å²) in [6.07, 6.45) is 2.29. The molecule has 1 saturated heterocycles. The number of morpholine rings is 1. The van der Waals surface area contributed by atoms with Crippen LogP contribution in [0.15, 0.2) is 73.2 Å². The predicted molar refractivity (Wildman–Crippen MR) is 174 cm³/mol. The number of benzene rings is 2. The Hall–Kier alpha value is -4.75. The molecule has 2 heterocycles. The second-order valence-corrected chi connectivity index (χ2v) is 12.7. The number of nitrogens with one attached hydrogen (secondary N) is 3. The molecule has 252 valence electrons. The minimum Gasteiger partial charge on any atom is -0.444 e. The van der Waals surface area contributed by atoms with Crippen LogP contribution in [0, 0.1) is 0 Å². The van der Waals surface area contributed by atoms with Crippen LogP contribution in [0.25, 0.3) is 0 Å². The third-order valence-corrected chi connectivity index (χ3v) is 7.22. The van der Waals surface area contributed by atoms with E-state index in [0.29, 0.717) is 26.3 Å². The zero-order valence-electron chi connectivity index (χ0n) is 27.5. The van der Waals surface area contributed by atoms with Crippen LogP contribution in [0.2, 0.25) is 0 Å². The average Bonchev–Trinajstić information content (AvgIpc) is 3.48. The maximum Gasteiger partial charge on any atom is 0.408 e. The molecule has 1 aliphatic heterocycles. The number of nitrogens with zero attached hydrogens (tertiary/aromatic N) is 3. The van der Waals surface area contributed by atoms with Crippen LogP contribution in [-0.4, -0.2) is 88.4 Å². The van der Waals surface area contributed by atoms with Crippen LogP contribution in [0.5, 0.6) is 0 Å². The number of carbonyl (C=O) groups is 4. The molecule has 1 aliphatic rings. The zero-order valence-corrected chi connectivity index (χ0v) is 27.5. The summed E-state index contributed by atoms with van der Waals surface area (Å²) in [7, 11) is 0. The molecule has 0 aliphatic carbocycles. The van der Waals surface area contributed by atoms with Crippen molar-refractivity contribution in [3.05, 3.63) is 84.3 Å². The van der Waals surface area contributed by atoms with E-state index < -0.39 is 41.1 Å². The molecule has 1 fully saturated rings. The lowest BCUT2D eigenvalue weighted by Crippen LogP contribution is -2.59. The number of alkyl carbamates (subject to hydrolysis) is 1. The van der Waals surface area contributed by atoms with Crippen molar-refractivity contribution >= 4 is 29.6 Å². The van der Waals surface area contributed by atoms with Crippen molar-refractivity contribution in [2.75, 3.05) is 38.2 Å². The van der Waals surface area contributed by atoms with Crippen LogP contribution in [0.1, 0.15) is 51.8 Å². The average molecular weight is 649 g/mol. The molecule has 3 N–H and O–H groups in total. The van der Waals surface area contributed by atoms with Crippen molar-refractivity contribution in [2.45, 2.75) is 64.4 Å². The molecular weight excluding hydrogens is 604 g/mol. The van der Waals surface area contributed by atoms with Gasteiger partial charge in [-0.15, -0.1) is 0 Å². The van der Waals surface area contributed by atoms with Gasteiger partial charge in [0.1, 0.15) is 23.2 Å². The number of hydrogen-bond acceptors (Lipinski definition) is 8. The largest absolute Gasteiger partial charge is 0.444 e. The topological polar surface area (TPSA) is 153 Å². The quantitative estimate of drug-likeness (QED) is 0.271. The number of anilines is 1. The monoisotopic (exact) mass is 648 g/mol. The first-order chi connectivity index (χ1) is 22.3. The van der Waals surface area contributed by atoms with Crippen LogP contribution in [0.4, 0.5) is 10.6 Å². The lowest BCUT2D eigenvalue weighted by Gasteiger charge is -2.31.